The molecule has 2 rings (SSSR count). The molecule has 0 spiro atoms. The van der Waals surface area contributed by atoms with E-state index in [4.69, 9.17) is 5.11 Å². The molecule has 6 heteroatoms. The van der Waals surface area contributed by atoms with Crippen molar-refractivity contribution < 1.29 is 14.7 Å². The molecule has 0 saturated heterocycles. The number of amides is 1. The molecule has 102 valence electrons. The highest BCUT2D eigenvalue weighted by atomic mass is 32.2. The molecule has 2 atom stereocenters. The molecule has 1 aliphatic carbocycles. The number of carboxylic acid groups (broad SMARTS) is 1. The summed E-state index contributed by atoms with van der Waals surface area (Å²) in [6, 6.07) is 3.72. The van der Waals surface area contributed by atoms with Gasteiger partial charge in [0.1, 0.15) is 0 Å². The van der Waals surface area contributed by atoms with E-state index >= 15 is 0 Å². The van der Waals surface area contributed by atoms with E-state index in [0.29, 0.717) is 18.6 Å². The minimum atomic E-state index is -0.761. The molecule has 0 aromatic carbocycles. The number of aliphatic carboxylic acids is 1. The van der Waals surface area contributed by atoms with E-state index in [-0.39, 0.29) is 17.9 Å². The van der Waals surface area contributed by atoms with Crippen LogP contribution < -0.4 is 5.32 Å². The molecule has 19 heavy (non-hydrogen) atoms. The van der Waals surface area contributed by atoms with E-state index in [0.717, 1.165) is 11.3 Å². The van der Waals surface area contributed by atoms with Crippen LogP contribution >= 0.6 is 11.8 Å². The number of nitrogens with zero attached hydrogens (tertiary/aromatic N) is 1. The van der Waals surface area contributed by atoms with Crippen LogP contribution in [0.3, 0.4) is 0 Å². The van der Waals surface area contributed by atoms with Crippen molar-refractivity contribution in [2.45, 2.75) is 30.2 Å². The van der Waals surface area contributed by atoms with Gasteiger partial charge in [0, 0.05) is 23.3 Å². The van der Waals surface area contributed by atoms with Crippen LogP contribution in [0, 0.1) is 5.92 Å². The van der Waals surface area contributed by atoms with E-state index in [1.54, 1.807) is 12.4 Å². The highest BCUT2D eigenvalue weighted by Crippen LogP contribution is 2.25. The lowest BCUT2D eigenvalue weighted by Crippen LogP contribution is -2.34. The Morgan fingerprint density at radius 2 is 2.11 bits per heavy atom. The predicted molar refractivity (Wildman–Crippen MR) is 71.9 cm³/mol. The number of hydrogen-bond donors (Lipinski definition) is 2. The predicted octanol–water partition coefficient (Wildman–Crippen LogP) is 1.54. The van der Waals surface area contributed by atoms with Crippen molar-refractivity contribution >= 4 is 23.6 Å². The van der Waals surface area contributed by atoms with Crippen LogP contribution in [0.25, 0.3) is 0 Å². The maximum absolute atomic E-state index is 11.8. The first-order valence-corrected chi connectivity index (χ1v) is 7.18. The Kier molecular flexibility index (Phi) is 4.79. The first kappa shape index (κ1) is 13.9. The molecule has 2 unspecified atom stereocenters. The van der Waals surface area contributed by atoms with Crippen LogP contribution in [0.2, 0.25) is 0 Å². The van der Waals surface area contributed by atoms with Crippen molar-refractivity contribution in [1.82, 2.24) is 10.3 Å². The van der Waals surface area contributed by atoms with Gasteiger partial charge in [0.25, 0.3) is 0 Å². The van der Waals surface area contributed by atoms with Crippen molar-refractivity contribution in [3.05, 3.63) is 24.5 Å². The number of nitrogens with one attached hydrogen (secondary N) is 1. The molecule has 1 fully saturated rings. The summed E-state index contributed by atoms with van der Waals surface area (Å²) in [7, 11) is 0. The second-order valence-electron chi connectivity index (χ2n) is 4.58. The van der Waals surface area contributed by atoms with Crippen LogP contribution in [-0.2, 0) is 9.59 Å². The van der Waals surface area contributed by atoms with Gasteiger partial charge in [-0.15, -0.1) is 11.8 Å². The van der Waals surface area contributed by atoms with Crippen LogP contribution in [-0.4, -0.2) is 33.8 Å². The van der Waals surface area contributed by atoms with Gasteiger partial charge in [0.15, 0.2) is 0 Å². The lowest BCUT2D eigenvalue weighted by molar-refractivity contribution is -0.141. The van der Waals surface area contributed by atoms with E-state index in [1.807, 2.05) is 12.1 Å². The summed E-state index contributed by atoms with van der Waals surface area (Å²) in [5.74, 6) is -0.767. The quantitative estimate of drug-likeness (QED) is 0.800. The van der Waals surface area contributed by atoms with Gasteiger partial charge in [-0.05, 0) is 31.4 Å². The number of carboxylic acids is 1. The Labute approximate surface area is 115 Å². The second-order valence-corrected chi connectivity index (χ2v) is 5.63. The summed E-state index contributed by atoms with van der Waals surface area (Å²) >= 11 is 1.45. The molecule has 1 amide bonds. The van der Waals surface area contributed by atoms with Crippen molar-refractivity contribution in [1.29, 1.82) is 0 Å². The molecule has 1 aliphatic rings. The molecule has 1 aromatic rings. The van der Waals surface area contributed by atoms with Crippen LogP contribution in [0.5, 0.6) is 0 Å². The molecule has 1 heterocycles. The molecule has 0 aliphatic heterocycles. The Hall–Kier alpha value is -1.56. The SMILES string of the molecule is O=C(CSc1ccncc1)NC1CCC(C(=O)O)C1. The Morgan fingerprint density at radius 1 is 1.37 bits per heavy atom. The fourth-order valence-corrected chi connectivity index (χ4v) is 2.88. The number of carbonyl (C=O) groups is 2. The maximum Gasteiger partial charge on any atom is 0.306 e. The zero-order chi connectivity index (χ0) is 13.7. The number of rotatable bonds is 5. The molecule has 0 radical (unpaired) electrons. The fraction of sp³-hybridized carbons (Fsp3) is 0.462. The second kappa shape index (κ2) is 6.56. The van der Waals surface area contributed by atoms with Gasteiger partial charge >= 0.3 is 5.97 Å². The Morgan fingerprint density at radius 3 is 2.74 bits per heavy atom. The van der Waals surface area contributed by atoms with Gasteiger partial charge in [0.2, 0.25) is 5.91 Å². The third-order valence-electron chi connectivity index (χ3n) is 3.17. The van der Waals surface area contributed by atoms with Crippen molar-refractivity contribution in [2.24, 2.45) is 5.92 Å². The van der Waals surface area contributed by atoms with Gasteiger partial charge in [-0.1, -0.05) is 0 Å². The smallest absolute Gasteiger partial charge is 0.306 e. The van der Waals surface area contributed by atoms with Crippen LogP contribution in [0.1, 0.15) is 19.3 Å². The van der Waals surface area contributed by atoms with Gasteiger partial charge in [-0.25, -0.2) is 0 Å². The van der Waals surface area contributed by atoms with Crippen molar-refractivity contribution in [2.75, 3.05) is 5.75 Å². The summed E-state index contributed by atoms with van der Waals surface area (Å²) < 4.78 is 0. The lowest BCUT2D eigenvalue weighted by atomic mass is 10.1. The molecular formula is C13H16N2O3S. The third-order valence-corrected chi connectivity index (χ3v) is 4.18. The normalized spacial score (nSPS) is 22.1. The molecule has 1 saturated carbocycles. The molecule has 1 aromatic heterocycles. The topological polar surface area (TPSA) is 79.3 Å². The van der Waals surface area contributed by atoms with Crippen LogP contribution in [0.15, 0.2) is 29.4 Å². The zero-order valence-electron chi connectivity index (χ0n) is 10.4. The van der Waals surface area contributed by atoms with E-state index in [1.165, 1.54) is 11.8 Å². The van der Waals surface area contributed by atoms with Crippen molar-refractivity contribution in [3.63, 3.8) is 0 Å². The minimum Gasteiger partial charge on any atom is -0.481 e. The van der Waals surface area contributed by atoms with E-state index < -0.39 is 5.97 Å². The third kappa shape index (κ3) is 4.24. The summed E-state index contributed by atoms with van der Waals surface area (Å²) in [5.41, 5.74) is 0. The maximum atomic E-state index is 11.8. The Balaban J connectivity index is 1.72. The molecular weight excluding hydrogens is 264 g/mol. The van der Waals surface area contributed by atoms with Gasteiger partial charge in [0.05, 0.1) is 11.7 Å². The number of carbonyl (C=O) groups excluding carboxylic acids is 1. The average molecular weight is 280 g/mol. The summed E-state index contributed by atoms with van der Waals surface area (Å²) in [6.07, 6.45) is 5.32. The summed E-state index contributed by atoms with van der Waals surface area (Å²) in [4.78, 5) is 27.5. The fourth-order valence-electron chi connectivity index (χ4n) is 2.19. The number of pyridine rings is 1. The summed E-state index contributed by atoms with van der Waals surface area (Å²) in [6.45, 7) is 0. The standard InChI is InChI=1S/C13H16N2O3S/c16-12(8-19-11-3-5-14-6-4-11)15-10-2-1-9(7-10)13(17)18/h3-6,9-10H,1-2,7-8H2,(H,15,16)(H,17,18). The first-order chi connectivity index (χ1) is 9.15. The monoisotopic (exact) mass is 280 g/mol. The lowest BCUT2D eigenvalue weighted by Gasteiger charge is -2.12. The molecule has 2 N–H and O–H groups in total. The van der Waals surface area contributed by atoms with E-state index in [9.17, 15) is 9.59 Å². The first-order valence-electron chi connectivity index (χ1n) is 6.20. The van der Waals surface area contributed by atoms with Gasteiger partial charge < -0.3 is 10.4 Å². The minimum absolute atomic E-state index is 0.00615. The highest BCUT2D eigenvalue weighted by Gasteiger charge is 2.30. The number of thioether (sulfide) groups is 1. The number of aromatic nitrogens is 1. The highest BCUT2D eigenvalue weighted by molar-refractivity contribution is 8.00. The van der Waals surface area contributed by atoms with Gasteiger partial charge in [-0.2, -0.15) is 0 Å². The largest absolute Gasteiger partial charge is 0.481 e. The molecule has 0 bridgehead atoms. The average Bonchev–Trinajstić information content (AvgIpc) is 2.86. The molecule has 5 nitrogen and oxygen atoms in total. The summed E-state index contributed by atoms with van der Waals surface area (Å²) in [5, 5.41) is 11.8. The Bertz CT molecular complexity index is 452. The zero-order valence-corrected chi connectivity index (χ0v) is 11.2. The number of hydrogen-bond acceptors (Lipinski definition) is 4. The van der Waals surface area contributed by atoms with E-state index in [2.05, 4.69) is 10.3 Å². The van der Waals surface area contributed by atoms with Crippen LogP contribution in [0.4, 0.5) is 0 Å². The van der Waals surface area contributed by atoms with Gasteiger partial charge in [-0.3, -0.25) is 14.6 Å². The van der Waals surface area contributed by atoms with Crippen molar-refractivity contribution in [3.8, 4) is 0 Å².